The number of nitrogens with zero attached hydrogens (tertiary/aromatic N) is 1. The van der Waals surface area contributed by atoms with E-state index in [1.807, 2.05) is 65.6 Å². The van der Waals surface area contributed by atoms with Gasteiger partial charge < -0.3 is 36.1 Å². The summed E-state index contributed by atoms with van der Waals surface area (Å²) in [6.07, 6.45) is -0.851. The van der Waals surface area contributed by atoms with Crippen molar-refractivity contribution in [3.05, 3.63) is 131 Å². The summed E-state index contributed by atoms with van der Waals surface area (Å²) < 4.78 is 11.9. The number of cyclic esters (lactones) is 1. The Labute approximate surface area is 293 Å². The van der Waals surface area contributed by atoms with Crippen LogP contribution in [0.4, 0.5) is 10.5 Å². The third kappa shape index (κ3) is 5.72. The highest BCUT2D eigenvalue weighted by Gasteiger charge is 2.74. The number of aliphatic carboxylic acids is 1. The van der Waals surface area contributed by atoms with E-state index in [-0.39, 0.29) is 19.8 Å². The lowest BCUT2D eigenvalue weighted by molar-refractivity contribution is -0.179. The van der Waals surface area contributed by atoms with Crippen LogP contribution < -0.4 is 21.1 Å². The van der Waals surface area contributed by atoms with E-state index in [2.05, 4.69) is 22.5 Å². The van der Waals surface area contributed by atoms with Gasteiger partial charge in [-0.25, -0.2) is 4.79 Å². The zero-order valence-corrected chi connectivity index (χ0v) is 27.2. The van der Waals surface area contributed by atoms with Crippen LogP contribution in [-0.2, 0) is 24.5 Å². The van der Waals surface area contributed by atoms with Crippen LogP contribution in [0.3, 0.4) is 0 Å². The normalized spacial score (nSPS) is 24.8. The van der Waals surface area contributed by atoms with Crippen LogP contribution >= 0.6 is 0 Å². The van der Waals surface area contributed by atoms with Crippen molar-refractivity contribution in [2.45, 2.75) is 29.6 Å². The van der Waals surface area contributed by atoms with Crippen molar-refractivity contribution in [1.82, 2.24) is 10.2 Å². The molecule has 6 N–H and O–H groups in total. The zero-order valence-electron chi connectivity index (χ0n) is 27.2. The number of carboxylic acid groups (broad SMARTS) is 1. The molecule has 3 heterocycles. The van der Waals surface area contributed by atoms with Crippen molar-refractivity contribution in [2.75, 3.05) is 25.1 Å². The van der Waals surface area contributed by atoms with Crippen molar-refractivity contribution in [2.24, 2.45) is 11.7 Å². The lowest BCUT2D eigenvalue weighted by atomic mass is 9.65. The highest BCUT2D eigenvalue weighted by molar-refractivity contribution is 6.11. The Morgan fingerprint density at radius 1 is 0.922 bits per heavy atom. The SMILES string of the molecule is NC(=O)NCC#Cc1ccc2c(c1)C1(C(=O)N2)C(C(=O)O)C2C(=O)OC(c3ccccc3)C(c3ccccc3)N2C1c1ccc(OCCO)cc1. The first-order chi connectivity index (χ1) is 24.7. The van der Waals surface area contributed by atoms with E-state index in [1.165, 1.54) is 0 Å². The number of urea groups is 1. The van der Waals surface area contributed by atoms with Gasteiger partial charge in [-0.05, 0) is 52.6 Å². The molecule has 0 aromatic heterocycles. The van der Waals surface area contributed by atoms with E-state index in [9.17, 15) is 29.4 Å². The molecule has 12 heteroatoms. The number of hydrogen-bond acceptors (Lipinski definition) is 8. The van der Waals surface area contributed by atoms with Crippen LogP contribution in [0.15, 0.2) is 103 Å². The van der Waals surface area contributed by atoms with Crippen molar-refractivity contribution in [3.63, 3.8) is 0 Å². The molecule has 2 saturated heterocycles. The Morgan fingerprint density at radius 2 is 1.61 bits per heavy atom. The number of anilines is 1. The van der Waals surface area contributed by atoms with Gasteiger partial charge in [-0.2, -0.15) is 0 Å². The number of aliphatic hydroxyl groups is 1. The molecular weight excluding hydrogens is 652 g/mol. The molecule has 4 aromatic carbocycles. The number of carbonyl (C=O) groups excluding carboxylic acids is 3. The zero-order chi connectivity index (χ0) is 35.7. The number of carbonyl (C=O) groups is 4. The number of benzene rings is 4. The van der Waals surface area contributed by atoms with Crippen LogP contribution in [0, 0.1) is 17.8 Å². The van der Waals surface area contributed by atoms with Gasteiger partial charge in [0.25, 0.3) is 0 Å². The number of morpholine rings is 1. The number of nitrogens with one attached hydrogen (secondary N) is 2. The van der Waals surface area contributed by atoms with Gasteiger partial charge in [0.2, 0.25) is 5.91 Å². The summed E-state index contributed by atoms with van der Waals surface area (Å²) in [5.41, 5.74) is 6.58. The quantitative estimate of drug-likeness (QED) is 0.137. The van der Waals surface area contributed by atoms with E-state index in [1.54, 1.807) is 42.5 Å². The molecule has 4 aromatic rings. The number of primary amides is 1. The van der Waals surface area contributed by atoms with E-state index < -0.39 is 59.4 Å². The fraction of sp³-hybridized carbons (Fsp3) is 0.231. The third-order valence-corrected chi connectivity index (χ3v) is 9.71. The van der Waals surface area contributed by atoms with E-state index >= 15 is 0 Å². The number of nitrogens with two attached hydrogens (primary N) is 1. The lowest BCUT2D eigenvalue weighted by Gasteiger charge is -2.46. The van der Waals surface area contributed by atoms with Crippen LogP contribution in [0.5, 0.6) is 5.75 Å². The summed E-state index contributed by atoms with van der Waals surface area (Å²) in [7, 11) is 0. The molecule has 3 aliphatic rings. The summed E-state index contributed by atoms with van der Waals surface area (Å²) >= 11 is 0. The van der Waals surface area contributed by atoms with Crippen LogP contribution in [-0.4, -0.2) is 64.8 Å². The molecule has 2 fully saturated rings. The van der Waals surface area contributed by atoms with Crippen LogP contribution in [0.2, 0.25) is 0 Å². The Hall–Kier alpha value is -6.16. The number of hydrogen-bond donors (Lipinski definition) is 5. The number of esters is 1. The largest absolute Gasteiger partial charge is 0.491 e. The molecule has 0 bridgehead atoms. The molecule has 12 nitrogen and oxygen atoms in total. The number of carboxylic acids is 1. The highest BCUT2D eigenvalue weighted by Crippen LogP contribution is 2.64. The number of aliphatic hydroxyl groups excluding tert-OH is 1. The van der Waals surface area contributed by atoms with E-state index in [0.29, 0.717) is 33.7 Å². The molecular formula is C39H34N4O8. The van der Waals surface area contributed by atoms with Gasteiger partial charge in [0.1, 0.15) is 35.8 Å². The van der Waals surface area contributed by atoms with Gasteiger partial charge in [-0.15, -0.1) is 0 Å². The minimum atomic E-state index is -1.85. The molecule has 6 unspecified atom stereocenters. The van der Waals surface area contributed by atoms with E-state index in [4.69, 9.17) is 15.2 Å². The van der Waals surface area contributed by atoms with Gasteiger partial charge in [0.05, 0.1) is 25.2 Å². The van der Waals surface area contributed by atoms with Crippen LogP contribution in [0.25, 0.3) is 0 Å². The van der Waals surface area contributed by atoms with Gasteiger partial charge in [-0.3, -0.25) is 19.3 Å². The Morgan fingerprint density at radius 3 is 2.25 bits per heavy atom. The second-order valence-electron chi connectivity index (χ2n) is 12.5. The van der Waals surface area contributed by atoms with Crippen molar-refractivity contribution < 1.29 is 38.9 Å². The molecule has 6 atom stereocenters. The Balaban J connectivity index is 1.49. The smallest absolute Gasteiger partial charge is 0.325 e. The van der Waals surface area contributed by atoms with E-state index in [0.717, 1.165) is 5.56 Å². The predicted octanol–water partition coefficient (Wildman–Crippen LogP) is 3.43. The van der Waals surface area contributed by atoms with Gasteiger partial charge in [-0.1, -0.05) is 84.6 Å². The first-order valence-corrected chi connectivity index (χ1v) is 16.4. The minimum absolute atomic E-state index is 0.0266. The maximum absolute atomic E-state index is 14.8. The fourth-order valence-electron chi connectivity index (χ4n) is 7.84. The first kappa shape index (κ1) is 33.3. The summed E-state index contributed by atoms with van der Waals surface area (Å²) in [5, 5.41) is 25.8. The summed E-state index contributed by atoms with van der Waals surface area (Å²) in [5.74, 6) is 1.97. The topological polar surface area (TPSA) is 181 Å². The molecule has 3 amide bonds. The van der Waals surface area contributed by atoms with Crippen LogP contribution in [0.1, 0.15) is 46.0 Å². The molecule has 0 radical (unpaired) electrons. The summed E-state index contributed by atoms with van der Waals surface area (Å²) in [6.45, 7) is -0.149. The number of ether oxygens (including phenoxy) is 2. The van der Waals surface area contributed by atoms with Gasteiger partial charge in [0.15, 0.2) is 0 Å². The maximum Gasteiger partial charge on any atom is 0.325 e. The Kier molecular flexibility index (Phi) is 8.91. The average Bonchev–Trinajstić information content (AvgIpc) is 3.62. The highest BCUT2D eigenvalue weighted by atomic mass is 16.6. The van der Waals surface area contributed by atoms with Gasteiger partial charge >= 0.3 is 18.0 Å². The second-order valence-corrected chi connectivity index (χ2v) is 12.5. The molecule has 3 aliphatic heterocycles. The minimum Gasteiger partial charge on any atom is -0.491 e. The van der Waals surface area contributed by atoms with Gasteiger partial charge in [0, 0.05) is 11.3 Å². The molecule has 258 valence electrons. The first-order valence-electron chi connectivity index (χ1n) is 16.4. The average molecular weight is 687 g/mol. The summed E-state index contributed by atoms with van der Waals surface area (Å²) in [4.78, 5) is 55.9. The predicted molar refractivity (Wildman–Crippen MR) is 184 cm³/mol. The Bertz CT molecular complexity index is 2050. The fourth-order valence-corrected chi connectivity index (χ4v) is 7.84. The summed E-state index contributed by atoms with van der Waals surface area (Å²) in [6, 6.07) is 26.7. The van der Waals surface area contributed by atoms with Crippen molar-refractivity contribution in [3.8, 4) is 17.6 Å². The maximum atomic E-state index is 14.8. The standard InChI is InChI=1S/C39H34N4O8/c40-38(49)41-19-7-8-23-13-18-29-28(22-23)39(37(48)42-29)30(35(45)46)32-36(47)51-33(25-11-5-2-6-12-25)31(24-9-3-1-4-10-24)43(32)34(39)26-14-16-27(17-15-26)50-21-20-44/h1-6,9-18,22,30-34,44H,19-21H2,(H,42,48)(H,45,46)(H3,40,41,49). The molecule has 1 spiro atoms. The third-order valence-electron chi connectivity index (χ3n) is 9.71. The molecule has 7 rings (SSSR count). The second kappa shape index (κ2) is 13.6. The number of fused-ring (bicyclic) bond motifs is 3. The van der Waals surface area contributed by atoms with Crippen molar-refractivity contribution >= 4 is 29.6 Å². The number of rotatable bonds is 8. The number of amides is 3. The molecule has 0 saturated carbocycles. The lowest BCUT2D eigenvalue weighted by Crippen LogP contribution is -2.52. The monoisotopic (exact) mass is 686 g/mol. The van der Waals surface area contributed by atoms with Crippen molar-refractivity contribution in [1.29, 1.82) is 0 Å². The molecule has 51 heavy (non-hydrogen) atoms. The molecule has 0 aliphatic carbocycles.